The van der Waals surface area contributed by atoms with Crippen molar-refractivity contribution in [3.63, 3.8) is 0 Å². The van der Waals surface area contributed by atoms with Crippen LogP contribution in [0.4, 0.5) is 4.39 Å². The molecule has 5 heteroatoms. The summed E-state index contributed by atoms with van der Waals surface area (Å²) < 4.78 is 16.6. The molecule has 0 bridgehead atoms. The van der Waals surface area contributed by atoms with Crippen LogP contribution in [0.3, 0.4) is 0 Å². The quantitative estimate of drug-likeness (QED) is 0.833. The number of nitrogens with one attached hydrogen (secondary N) is 1. The Bertz CT molecular complexity index is 675. The molecule has 1 aromatic heterocycles. The van der Waals surface area contributed by atoms with Crippen LogP contribution in [-0.2, 0) is 0 Å². The highest BCUT2D eigenvalue weighted by Gasteiger charge is 2.18. The first kappa shape index (κ1) is 16.2. The second-order valence-corrected chi connectivity index (χ2v) is 6.85. The molecule has 21 heavy (non-hydrogen) atoms. The number of benzene rings is 1. The largest absolute Gasteiger partial charge is 0.330 e. The third kappa shape index (κ3) is 3.52. The Kier molecular flexibility index (Phi) is 4.84. The molecule has 1 aromatic carbocycles. The summed E-state index contributed by atoms with van der Waals surface area (Å²) in [4.78, 5) is 5.31. The monoisotopic (exact) mass is 309 g/mol. The molecule has 0 spiro atoms. The predicted molar refractivity (Wildman–Crippen MR) is 88.9 cm³/mol. The van der Waals surface area contributed by atoms with E-state index in [1.165, 1.54) is 0 Å². The van der Waals surface area contributed by atoms with Gasteiger partial charge in [0.25, 0.3) is 0 Å². The lowest BCUT2D eigenvalue weighted by Gasteiger charge is -2.25. The van der Waals surface area contributed by atoms with Gasteiger partial charge < -0.3 is 14.5 Å². The topological polar surface area (TPSA) is 24.0 Å². The van der Waals surface area contributed by atoms with Crippen LogP contribution >= 0.6 is 12.2 Å². The zero-order valence-electron chi connectivity index (χ0n) is 13.4. The van der Waals surface area contributed by atoms with E-state index in [0.29, 0.717) is 16.3 Å². The van der Waals surface area contributed by atoms with Crippen LogP contribution in [0.15, 0.2) is 12.1 Å². The van der Waals surface area contributed by atoms with Crippen LogP contribution < -0.4 is 0 Å². The summed E-state index contributed by atoms with van der Waals surface area (Å²) in [5.74, 6) is 0.377. The molecule has 0 fully saturated rings. The summed E-state index contributed by atoms with van der Waals surface area (Å²) in [7, 11) is 4.13. The minimum absolute atomic E-state index is 0.195. The van der Waals surface area contributed by atoms with E-state index in [0.717, 1.165) is 24.0 Å². The molecule has 3 nitrogen and oxygen atoms in total. The molecule has 0 amide bonds. The number of aromatic nitrogens is 2. The second kappa shape index (κ2) is 6.28. The van der Waals surface area contributed by atoms with E-state index in [1.807, 2.05) is 6.07 Å². The number of hydrogen-bond donors (Lipinski definition) is 1. The Morgan fingerprint density at radius 3 is 2.57 bits per heavy atom. The van der Waals surface area contributed by atoms with Crippen molar-refractivity contribution in [3.8, 4) is 0 Å². The summed E-state index contributed by atoms with van der Waals surface area (Å²) in [5.41, 5.74) is 2.42. The fourth-order valence-corrected chi connectivity index (χ4v) is 3.20. The number of hydrogen-bond acceptors (Lipinski definition) is 2. The number of halogens is 1. The fourth-order valence-electron chi connectivity index (χ4n) is 2.84. The normalized spacial score (nSPS) is 13.5. The number of rotatable bonds is 5. The van der Waals surface area contributed by atoms with Crippen molar-refractivity contribution in [3.05, 3.63) is 28.3 Å². The van der Waals surface area contributed by atoms with E-state index in [4.69, 9.17) is 12.2 Å². The first-order chi connectivity index (χ1) is 9.79. The van der Waals surface area contributed by atoms with Gasteiger partial charge in [-0.3, -0.25) is 0 Å². The number of aromatic amines is 1. The van der Waals surface area contributed by atoms with E-state index in [-0.39, 0.29) is 11.9 Å². The van der Waals surface area contributed by atoms with Crippen LogP contribution in [0, 0.1) is 23.4 Å². The van der Waals surface area contributed by atoms with Crippen LogP contribution in [-0.4, -0.2) is 35.1 Å². The molecule has 116 valence electrons. The summed E-state index contributed by atoms with van der Waals surface area (Å²) in [6.07, 6.45) is 1.04. The lowest BCUT2D eigenvalue weighted by molar-refractivity contribution is 0.291. The van der Waals surface area contributed by atoms with Gasteiger partial charge in [0.2, 0.25) is 0 Å². The van der Waals surface area contributed by atoms with Gasteiger partial charge in [-0.25, -0.2) is 4.39 Å². The molecule has 1 atom stereocenters. The van der Waals surface area contributed by atoms with Crippen LogP contribution in [0.1, 0.15) is 31.9 Å². The van der Waals surface area contributed by atoms with Gasteiger partial charge >= 0.3 is 0 Å². The van der Waals surface area contributed by atoms with Gasteiger partial charge in [-0.2, -0.15) is 0 Å². The molecule has 0 aliphatic rings. The molecule has 1 heterocycles. The third-order valence-corrected chi connectivity index (χ3v) is 3.98. The molecule has 0 aliphatic carbocycles. The number of likely N-dealkylation sites (N-methyl/N-ethyl adjacent to an activating group) is 1. The van der Waals surface area contributed by atoms with Crippen molar-refractivity contribution in [2.45, 2.75) is 33.2 Å². The average Bonchev–Trinajstić information content (AvgIpc) is 2.63. The van der Waals surface area contributed by atoms with Gasteiger partial charge in [-0.15, -0.1) is 0 Å². The van der Waals surface area contributed by atoms with Gasteiger partial charge in [0.1, 0.15) is 5.82 Å². The van der Waals surface area contributed by atoms with Gasteiger partial charge in [0.05, 0.1) is 11.0 Å². The number of H-pyrrole nitrogens is 1. The Morgan fingerprint density at radius 1 is 1.33 bits per heavy atom. The van der Waals surface area contributed by atoms with Crippen LogP contribution in [0.5, 0.6) is 0 Å². The summed E-state index contributed by atoms with van der Waals surface area (Å²) in [5, 5.41) is 0. The molecular formula is C16H24FN3S. The van der Waals surface area contributed by atoms with Crippen molar-refractivity contribution in [2.24, 2.45) is 5.92 Å². The molecule has 0 saturated carbocycles. The number of aryl methyl sites for hydroxylation is 1. The van der Waals surface area contributed by atoms with Gasteiger partial charge in [-0.05, 0) is 63.3 Å². The highest BCUT2D eigenvalue weighted by molar-refractivity contribution is 7.71. The Balaban J connectivity index is 2.58. The Labute approximate surface area is 130 Å². The molecule has 1 unspecified atom stereocenters. The summed E-state index contributed by atoms with van der Waals surface area (Å²) in [6, 6.07) is 3.71. The Morgan fingerprint density at radius 2 is 2.00 bits per heavy atom. The lowest BCUT2D eigenvalue weighted by Crippen LogP contribution is -2.25. The van der Waals surface area contributed by atoms with Crippen LogP contribution in [0.2, 0.25) is 0 Å². The molecular weight excluding hydrogens is 285 g/mol. The zero-order chi connectivity index (χ0) is 15.7. The predicted octanol–water partition coefficient (Wildman–Crippen LogP) is 4.30. The van der Waals surface area contributed by atoms with E-state index < -0.39 is 0 Å². The maximum Gasteiger partial charge on any atom is 0.178 e. The standard InChI is InChI=1S/C16H24FN3S/c1-10(2)6-12(9-19(4)5)20-15-7-11(3)13(17)8-14(15)18-16(20)21/h7-8,10,12H,6,9H2,1-5H3,(H,18,21). The van der Waals surface area contributed by atoms with Gasteiger partial charge in [-0.1, -0.05) is 13.8 Å². The number of fused-ring (bicyclic) bond motifs is 1. The van der Waals surface area contributed by atoms with Crippen molar-refractivity contribution >= 4 is 23.3 Å². The molecule has 1 N–H and O–H groups in total. The van der Waals surface area contributed by atoms with Crippen molar-refractivity contribution in [1.82, 2.24) is 14.5 Å². The van der Waals surface area contributed by atoms with E-state index in [1.54, 1.807) is 13.0 Å². The van der Waals surface area contributed by atoms with Crippen molar-refractivity contribution in [1.29, 1.82) is 0 Å². The highest BCUT2D eigenvalue weighted by atomic mass is 32.1. The maximum absolute atomic E-state index is 13.7. The highest BCUT2D eigenvalue weighted by Crippen LogP contribution is 2.26. The Hall–Kier alpha value is -1.20. The summed E-state index contributed by atoms with van der Waals surface area (Å²) in [6.45, 7) is 7.13. The van der Waals surface area contributed by atoms with Gasteiger partial charge in [0, 0.05) is 12.6 Å². The molecule has 2 rings (SSSR count). The van der Waals surface area contributed by atoms with Crippen molar-refractivity contribution < 1.29 is 4.39 Å². The van der Waals surface area contributed by atoms with E-state index in [2.05, 4.69) is 42.4 Å². The molecule has 0 aliphatic heterocycles. The third-order valence-electron chi connectivity index (χ3n) is 3.68. The maximum atomic E-state index is 13.7. The van der Waals surface area contributed by atoms with E-state index in [9.17, 15) is 4.39 Å². The fraction of sp³-hybridized carbons (Fsp3) is 0.562. The minimum atomic E-state index is -0.195. The average molecular weight is 309 g/mol. The molecule has 2 aromatic rings. The molecule has 0 radical (unpaired) electrons. The smallest absolute Gasteiger partial charge is 0.178 e. The summed E-state index contributed by atoms with van der Waals surface area (Å²) >= 11 is 5.49. The zero-order valence-corrected chi connectivity index (χ0v) is 14.2. The number of imidazole rings is 1. The minimum Gasteiger partial charge on any atom is -0.330 e. The lowest BCUT2D eigenvalue weighted by atomic mass is 10.0. The first-order valence-electron chi connectivity index (χ1n) is 7.34. The van der Waals surface area contributed by atoms with Crippen molar-refractivity contribution in [2.75, 3.05) is 20.6 Å². The SMILES string of the molecule is Cc1cc2c(cc1F)[nH]c(=S)n2C(CC(C)C)CN(C)C. The van der Waals surface area contributed by atoms with Crippen LogP contribution in [0.25, 0.3) is 11.0 Å². The molecule has 0 saturated heterocycles. The van der Waals surface area contributed by atoms with Gasteiger partial charge in [0.15, 0.2) is 4.77 Å². The second-order valence-electron chi connectivity index (χ2n) is 6.46. The van der Waals surface area contributed by atoms with E-state index >= 15 is 0 Å². The first-order valence-corrected chi connectivity index (χ1v) is 7.75. The number of nitrogens with zero attached hydrogens (tertiary/aromatic N) is 2.